The molecule has 1 heterocycles. The molecule has 1 aromatic rings. The van der Waals surface area contributed by atoms with Gasteiger partial charge in [-0.2, -0.15) is 0 Å². The van der Waals surface area contributed by atoms with Gasteiger partial charge in [0.25, 0.3) is 0 Å². The molecule has 0 bridgehead atoms. The third-order valence-electron chi connectivity index (χ3n) is 2.68. The first-order chi connectivity index (χ1) is 5.91. The standard InChI is InChI=1S/C12H19N/c1-9-6-7-11(13-8-9)10(2)12(3,4)5/h6-8,10H,1-5H3/t10-/m1/s1. The van der Waals surface area contributed by atoms with Crippen molar-refractivity contribution in [1.29, 1.82) is 0 Å². The molecule has 13 heavy (non-hydrogen) atoms. The largest absolute Gasteiger partial charge is 0.261 e. The maximum absolute atomic E-state index is 4.44. The molecule has 0 amide bonds. The Labute approximate surface area is 81.2 Å². The van der Waals surface area contributed by atoms with Crippen molar-refractivity contribution < 1.29 is 0 Å². The average molecular weight is 177 g/mol. The number of aromatic nitrogens is 1. The third-order valence-corrected chi connectivity index (χ3v) is 2.68. The van der Waals surface area contributed by atoms with E-state index >= 15 is 0 Å². The van der Waals surface area contributed by atoms with E-state index in [0.29, 0.717) is 11.3 Å². The van der Waals surface area contributed by atoms with Crippen LogP contribution in [0.2, 0.25) is 0 Å². The van der Waals surface area contributed by atoms with Crippen molar-refractivity contribution in [3.8, 4) is 0 Å². The Morgan fingerprint density at radius 3 is 2.23 bits per heavy atom. The van der Waals surface area contributed by atoms with Gasteiger partial charge in [-0.05, 0) is 24.0 Å². The van der Waals surface area contributed by atoms with Crippen LogP contribution in [0.25, 0.3) is 0 Å². The summed E-state index contributed by atoms with van der Waals surface area (Å²) in [5, 5.41) is 0. The second-order valence-corrected chi connectivity index (χ2v) is 4.85. The summed E-state index contributed by atoms with van der Waals surface area (Å²) >= 11 is 0. The highest BCUT2D eigenvalue weighted by Crippen LogP contribution is 2.32. The topological polar surface area (TPSA) is 12.9 Å². The summed E-state index contributed by atoms with van der Waals surface area (Å²) in [6, 6.07) is 4.26. The Morgan fingerprint density at radius 1 is 1.23 bits per heavy atom. The monoisotopic (exact) mass is 177 g/mol. The van der Waals surface area contributed by atoms with Gasteiger partial charge in [-0.3, -0.25) is 4.98 Å². The number of nitrogens with zero attached hydrogens (tertiary/aromatic N) is 1. The highest BCUT2D eigenvalue weighted by Gasteiger charge is 2.22. The number of pyridine rings is 1. The van der Waals surface area contributed by atoms with Crippen LogP contribution in [0.1, 0.15) is 44.9 Å². The molecule has 0 aliphatic carbocycles. The molecule has 0 fully saturated rings. The Hall–Kier alpha value is -0.850. The van der Waals surface area contributed by atoms with Crippen LogP contribution in [0.5, 0.6) is 0 Å². The molecule has 0 saturated carbocycles. The Bertz CT molecular complexity index is 266. The van der Waals surface area contributed by atoms with Crippen molar-refractivity contribution in [2.75, 3.05) is 0 Å². The fourth-order valence-electron chi connectivity index (χ4n) is 1.18. The molecule has 1 atom stereocenters. The second-order valence-electron chi connectivity index (χ2n) is 4.85. The lowest BCUT2D eigenvalue weighted by molar-refractivity contribution is 0.334. The van der Waals surface area contributed by atoms with Crippen LogP contribution in [0, 0.1) is 12.3 Å². The summed E-state index contributed by atoms with van der Waals surface area (Å²) in [6.45, 7) is 11.0. The number of hydrogen-bond acceptors (Lipinski definition) is 1. The highest BCUT2D eigenvalue weighted by atomic mass is 14.7. The molecule has 0 aliphatic rings. The van der Waals surface area contributed by atoms with Crippen LogP contribution in [0.3, 0.4) is 0 Å². The zero-order valence-corrected chi connectivity index (χ0v) is 9.26. The van der Waals surface area contributed by atoms with Gasteiger partial charge >= 0.3 is 0 Å². The predicted octanol–water partition coefficient (Wildman–Crippen LogP) is 3.54. The summed E-state index contributed by atoms with van der Waals surface area (Å²) in [7, 11) is 0. The Balaban J connectivity index is 2.90. The van der Waals surface area contributed by atoms with Gasteiger partial charge in [-0.25, -0.2) is 0 Å². The Morgan fingerprint density at radius 2 is 1.85 bits per heavy atom. The summed E-state index contributed by atoms with van der Waals surface area (Å²) in [6.07, 6.45) is 1.94. The lowest BCUT2D eigenvalue weighted by atomic mass is 9.80. The van der Waals surface area contributed by atoms with Crippen molar-refractivity contribution >= 4 is 0 Å². The van der Waals surface area contributed by atoms with Crippen LogP contribution in [-0.4, -0.2) is 4.98 Å². The molecule has 0 aromatic carbocycles. The van der Waals surface area contributed by atoms with Gasteiger partial charge in [0.15, 0.2) is 0 Å². The molecule has 72 valence electrons. The summed E-state index contributed by atoms with van der Waals surface area (Å²) < 4.78 is 0. The molecule has 0 unspecified atom stereocenters. The van der Waals surface area contributed by atoms with Crippen LogP contribution >= 0.6 is 0 Å². The van der Waals surface area contributed by atoms with E-state index in [2.05, 4.69) is 51.7 Å². The van der Waals surface area contributed by atoms with Crippen LogP contribution < -0.4 is 0 Å². The van der Waals surface area contributed by atoms with Gasteiger partial charge in [-0.15, -0.1) is 0 Å². The van der Waals surface area contributed by atoms with Crippen LogP contribution in [0.4, 0.5) is 0 Å². The molecule has 0 aliphatic heterocycles. The van der Waals surface area contributed by atoms with E-state index in [1.165, 1.54) is 11.3 Å². The number of hydrogen-bond donors (Lipinski definition) is 0. The van der Waals surface area contributed by atoms with Crippen molar-refractivity contribution in [3.63, 3.8) is 0 Å². The minimum absolute atomic E-state index is 0.294. The summed E-state index contributed by atoms with van der Waals surface area (Å²) in [5.74, 6) is 0.507. The molecule has 0 spiro atoms. The van der Waals surface area contributed by atoms with Crippen molar-refractivity contribution in [2.24, 2.45) is 5.41 Å². The highest BCUT2D eigenvalue weighted by molar-refractivity contribution is 5.16. The van der Waals surface area contributed by atoms with Gasteiger partial charge in [0.05, 0.1) is 0 Å². The van der Waals surface area contributed by atoms with Crippen molar-refractivity contribution in [1.82, 2.24) is 4.98 Å². The minimum Gasteiger partial charge on any atom is -0.261 e. The van der Waals surface area contributed by atoms with Gasteiger partial charge < -0.3 is 0 Å². The quantitative estimate of drug-likeness (QED) is 0.639. The lowest BCUT2D eigenvalue weighted by Crippen LogP contribution is -2.16. The SMILES string of the molecule is Cc1ccc([C@@H](C)C(C)(C)C)nc1. The molecule has 0 saturated heterocycles. The minimum atomic E-state index is 0.294. The zero-order chi connectivity index (χ0) is 10.1. The molecule has 1 aromatic heterocycles. The fraction of sp³-hybridized carbons (Fsp3) is 0.583. The molecule has 1 nitrogen and oxygen atoms in total. The van der Waals surface area contributed by atoms with Crippen molar-refractivity contribution in [2.45, 2.75) is 40.5 Å². The first-order valence-electron chi connectivity index (χ1n) is 4.84. The maximum Gasteiger partial charge on any atom is 0.0437 e. The second kappa shape index (κ2) is 3.49. The van der Waals surface area contributed by atoms with Crippen molar-refractivity contribution in [3.05, 3.63) is 29.6 Å². The first-order valence-corrected chi connectivity index (χ1v) is 4.84. The maximum atomic E-state index is 4.44. The van der Waals surface area contributed by atoms with E-state index in [1.54, 1.807) is 0 Å². The number of rotatable bonds is 1. The van der Waals surface area contributed by atoms with Gasteiger partial charge in [0.1, 0.15) is 0 Å². The van der Waals surface area contributed by atoms with Gasteiger partial charge in [0.2, 0.25) is 0 Å². The normalized spacial score (nSPS) is 14.2. The molecular formula is C12H19N. The molecule has 1 heteroatoms. The molecule has 0 N–H and O–H groups in total. The van der Waals surface area contributed by atoms with Crippen LogP contribution in [0.15, 0.2) is 18.3 Å². The number of aryl methyl sites for hydroxylation is 1. The van der Waals surface area contributed by atoms with E-state index in [9.17, 15) is 0 Å². The summed E-state index contributed by atoms with van der Waals surface area (Å²) in [5.41, 5.74) is 2.71. The lowest BCUT2D eigenvalue weighted by Gasteiger charge is -2.26. The fourth-order valence-corrected chi connectivity index (χ4v) is 1.18. The molecule has 0 radical (unpaired) electrons. The van der Waals surface area contributed by atoms with E-state index in [1.807, 2.05) is 6.20 Å². The first kappa shape index (κ1) is 10.2. The van der Waals surface area contributed by atoms with E-state index in [0.717, 1.165) is 0 Å². The molecular weight excluding hydrogens is 158 g/mol. The average Bonchev–Trinajstić information content (AvgIpc) is 2.03. The van der Waals surface area contributed by atoms with E-state index in [-0.39, 0.29) is 0 Å². The van der Waals surface area contributed by atoms with E-state index in [4.69, 9.17) is 0 Å². The predicted molar refractivity (Wildman–Crippen MR) is 56.8 cm³/mol. The van der Waals surface area contributed by atoms with Gasteiger partial charge in [0, 0.05) is 17.8 Å². The smallest absolute Gasteiger partial charge is 0.0437 e. The third kappa shape index (κ3) is 2.55. The van der Waals surface area contributed by atoms with Crippen LogP contribution in [-0.2, 0) is 0 Å². The van der Waals surface area contributed by atoms with Gasteiger partial charge in [-0.1, -0.05) is 33.8 Å². The van der Waals surface area contributed by atoms with E-state index < -0.39 is 0 Å². The molecule has 1 rings (SSSR count). The zero-order valence-electron chi connectivity index (χ0n) is 9.26. The summed E-state index contributed by atoms with van der Waals surface area (Å²) in [4.78, 5) is 4.44. The Kier molecular flexibility index (Phi) is 2.74.